The van der Waals surface area contributed by atoms with Crippen molar-refractivity contribution in [1.29, 1.82) is 0 Å². The van der Waals surface area contributed by atoms with E-state index in [1.807, 2.05) is 13.8 Å². The van der Waals surface area contributed by atoms with E-state index in [0.717, 1.165) is 28.5 Å². The molecular weight excluding hydrogens is 372 g/mol. The van der Waals surface area contributed by atoms with Gasteiger partial charge in [0.1, 0.15) is 16.0 Å². The number of thioether (sulfide) groups is 1. The molecule has 0 aliphatic carbocycles. The lowest BCUT2D eigenvalue weighted by molar-refractivity contribution is -0.0465. The second kappa shape index (κ2) is 8.46. The molecule has 0 aromatic heterocycles. The highest BCUT2D eigenvalue weighted by Crippen LogP contribution is 2.38. The van der Waals surface area contributed by atoms with Gasteiger partial charge in [0.15, 0.2) is 0 Å². The van der Waals surface area contributed by atoms with Crippen molar-refractivity contribution in [2.45, 2.75) is 31.3 Å². The van der Waals surface area contributed by atoms with Crippen LogP contribution in [0.1, 0.15) is 30.2 Å². The molecule has 6 heteroatoms. The van der Waals surface area contributed by atoms with Gasteiger partial charge >= 0.3 is 0 Å². The molecule has 2 unspecified atom stereocenters. The Balaban J connectivity index is 1.84. The van der Waals surface area contributed by atoms with Crippen molar-refractivity contribution in [3.05, 3.63) is 71.3 Å². The summed E-state index contributed by atoms with van der Waals surface area (Å²) in [5, 5.41) is -0.128. The first-order valence-corrected chi connectivity index (χ1v) is 9.83. The van der Waals surface area contributed by atoms with Crippen LogP contribution in [0.25, 0.3) is 0 Å². The highest BCUT2D eigenvalue weighted by Gasteiger charge is 2.27. The Morgan fingerprint density at radius 2 is 1.38 bits per heavy atom. The predicted octanol–water partition coefficient (Wildman–Crippen LogP) is 5.18. The smallest absolute Gasteiger partial charge is 0.137 e. The van der Waals surface area contributed by atoms with Gasteiger partial charge in [0, 0.05) is 13.1 Å². The highest BCUT2D eigenvalue weighted by atomic mass is 32.2. The third kappa shape index (κ3) is 4.81. The van der Waals surface area contributed by atoms with E-state index in [1.54, 1.807) is 24.3 Å². The fraction of sp³-hybridized carbons (Fsp3) is 0.350. The lowest BCUT2D eigenvalue weighted by atomic mass is 10.0. The van der Waals surface area contributed by atoms with Crippen LogP contribution in [0.3, 0.4) is 0 Å². The zero-order valence-corrected chi connectivity index (χ0v) is 16.3. The molecule has 1 saturated heterocycles. The monoisotopic (exact) mass is 393 g/mol. The van der Waals surface area contributed by atoms with Gasteiger partial charge in [0.05, 0.1) is 17.5 Å². The first kappa shape index (κ1) is 19.3. The predicted molar refractivity (Wildman–Crippen MR) is 106 cm³/mol. The van der Waals surface area contributed by atoms with Gasteiger partial charge < -0.3 is 9.64 Å². The van der Waals surface area contributed by atoms with Gasteiger partial charge in [0.25, 0.3) is 0 Å². The number of hydrogen-bond donors (Lipinski definition) is 0. The molecule has 0 bridgehead atoms. The zero-order chi connectivity index (χ0) is 18.7. The van der Waals surface area contributed by atoms with Crippen molar-refractivity contribution in [3.8, 4) is 0 Å². The third-order valence-electron chi connectivity index (χ3n) is 4.24. The lowest BCUT2D eigenvalue weighted by Gasteiger charge is -2.37. The molecule has 2 nitrogen and oxygen atoms in total. The van der Waals surface area contributed by atoms with Crippen LogP contribution < -0.4 is 0 Å². The summed E-state index contributed by atoms with van der Waals surface area (Å²) in [7, 11) is 0. The second-order valence-corrected chi connectivity index (χ2v) is 8.27. The summed E-state index contributed by atoms with van der Waals surface area (Å²) in [6, 6.07) is 12.8. The Kier molecular flexibility index (Phi) is 6.27. The topological polar surface area (TPSA) is 12.5 Å². The van der Waals surface area contributed by atoms with Crippen molar-refractivity contribution in [2.75, 3.05) is 13.1 Å². The summed E-state index contributed by atoms with van der Waals surface area (Å²) in [6.07, 6.45) is 0.236. The van der Waals surface area contributed by atoms with Crippen molar-refractivity contribution in [1.82, 2.24) is 4.90 Å². The number of ether oxygens (including phenoxy) is 1. The van der Waals surface area contributed by atoms with Crippen molar-refractivity contribution >= 4 is 28.3 Å². The number of thiocarbonyl (C=S) groups is 1. The van der Waals surface area contributed by atoms with Gasteiger partial charge in [-0.25, -0.2) is 8.78 Å². The molecule has 1 heterocycles. The maximum absolute atomic E-state index is 13.3. The Morgan fingerprint density at radius 3 is 1.81 bits per heavy atom. The number of rotatable bonds is 3. The van der Waals surface area contributed by atoms with E-state index in [2.05, 4.69) is 4.90 Å². The van der Waals surface area contributed by atoms with Crippen LogP contribution in [0.15, 0.2) is 48.5 Å². The molecule has 0 spiro atoms. The summed E-state index contributed by atoms with van der Waals surface area (Å²) >= 11 is 7.22. The van der Waals surface area contributed by atoms with E-state index in [9.17, 15) is 8.78 Å². The average molecular weight is 394 g/mol. The summed E-state index contributed by atoms with van der Waals surface area (Å²) in [6.45, 7) is 5.56. The third-order valence-corrected chi connectivity index (χ3v) is 6.03. The minimum absolute atomic E-state index is 0.118. The van der Waals surface area contributed by atoms with Crippen LogP contribution >= 0.6 is 24.0 Å². The van der Waals surface area contributed by atoms with Crippen molar-refractivity contribution < 1.29 is 13.5 Å². The minimum Gasteiger partial charge on any atom is -0.372 e. The molecule has 2 aromatic rings. The number of nitrogens with zero attached hydrogens (tertiary/aromatic N) is 1. The standard InChI is InChI=1S/C20H21F2NOS2/c1-13-11-23(12-14(2)24-13)20(25)26-19(15-3-7-17(21)8-4-15)16-5-9-18(22)10-6-16/h3-10,13-14,19H,11-12H2,1-2H3. The van der Waals surface area contributed by atoms with E-state index in [1.165, 1.54) is 36.0 Å². The Labute approximate surface area is 162 Å². The molecule has 1 aliphatic heterocycles. The van der Waals surface area contributed by atoms with E-state index >= 15 is 0 Å². The molecule has 1 fully saturated rings. The van der Waals surface area contributed by atoms with Crippen LogP contribution in [-0.4, -0.2) is 34.5 Å². The fourth-order valence-electron chi connectivity index (χ4n) is 3.11. The van der Waals surface area contributed by atoms with E-state index in [-0.39, 0.29) is 29.1 Å². The van der Waals surface area contributed by atoms with Gasteiger partial charge in [-0.15, -0.1) is 0 Å². The maximum atomic E-state index is 13.3. The van der Waals surface area contributed by atoms with Gasteiger partial charge in [-0.1, -0.05) is 48.2 Å². The molecule has 26 heavy (non-hydrogen) atoms. The van der Waals surface area contributed by atoms with Gasteiger partial charge in [-0.2, -0.15) is 0 Å². The van der Waals surface area contributed by atoms with Crippen molar-refractivity contribution in [3.63, 3.8) is 0 Å². The molecular formula is C20H21F2NOS2. The Morgan fingerprint density at radius 1 is 0.962 bits per heavy atom. The Hall–Kier alpha value is -1.50. The Bertz CT molecular complexity index is 696. The summed E-state index contributed by atoms with van der Waals surface area (Å²) in [5.74, 6) is -0.565. The largest absolute Gasteiger partial charge is 0.372 e. The number of hydrogen-bond acceptors (Lipinski definition) is 3. The van der Waals surface area contributed by atoms with E-state index in [0.29, 0.717) is 0 Å². The quantitative estimate of drug-likeness (QED) is 0.666. The molecule has 1 aliphatic rings. The maximum Gasteiger partial charge on any atom is 0.137 e. The SMILES string of the molecule is CC1CN(C(=S)SC(c2ccc(F)cc2)c2ccc(F)cc2)CC(C)O1. The van der Waals surface area contributed by atoms with Gasteiger partial charge in [-0.3, -0.25) is 0 Å². The summed E-state index contributed by atoms with van der Waals surface area (Å²) < 4.78 is 33.2. The van der Waals surface area contributed by atoms with Crippen molar-refractivity contribution in [2.24, 2.45) is 0 Å². The normalized spacial score (nSPS) is 20.4. The molecule has 2 atom stereocenters. The number of benzene rings is 2. The van der Waals surface area contributed by atoms with Gasteiger partial charge in [0.2, 0.25) is 0 Å². The van der Waals surface area contributed by atoms with Crippen LogP contribution in [0, 0.1) is 11.6 Å². The summed E-state index contributed by atoms with van der Waals surface area (Å²) in [5.41, 5.74) is 1.86. The molecule has 138 valence electrons. The number of morpholine rings is 1. The van der Waals surface area contributed by atoms with Gasteiger partial charge in [-0.05, 0) is 49.2 Å². The molecule has 0 N–H and O–H groups in total. The molecule has 2 aromatic carbocycles. The fourth-order valence-corrected chi connectivity index (χ4v) is 4.63. The highest BCUT2D eigenvalue weighted by molar-refractivity contribution is 8.23. The summed E-state index contributed by atoms with van der Waals surface area (Å²) in [4.78, 5) is 2.15. The second-order valence-electron chi connectivity index (χ2n) is 6.53. The first-order valence-electron chi connectivity index (χ1n) is 8.54. The molecule has 0 amide bonds. The van der Waals surface area contributed by atoms with Crippen LogP contribution in [0.4, 0.5) is 8.78 Å². The minimum atomic E-state index is -0.282. The van der Waals surface area contributed by atoms with E-state index < -0.39 is 0 Å². The molecule has 0 saturated carbocycles. The zero-order valence-electron chi connectivity index (χ0n) is 14.7. The first-order chi connectivity index (χ1) is 12.4. The molecule has 0 radical (unpaired) electrons. The van der Waals surface area contributed by atoms with Crippen LogP contribution in [-0.2, 0) is 4.74 Å². The lowest BCUT2D eigenvalue weighted by Crippen LogP contribution is -2.46. The molecule has 3 rings (SSSR count). The number of halogens is 2. The van der Waals surface area contributed by atoms with Crippen LogP contribution in [0.2, 0.25) is 0 Å². The average Bonchev–Trinajstić information content (AvgIpc) is 2.60. The van der Waals surface area contributed by atoms with Crippen LogP contribution in [0.5, 0.6) is 0 Å². The van der Waals surface area contributed by atoms with E-state index in [4.69, 9.17) is 17.0 Å².